The molecule has 0 spiro atoms. The molecule has 2 rings (SSSR count). The lowest BCUT2D eigenvalue weighted by Gasteiger charge is -2.31. The van der Waals surface area contributed by atoms with Crippen molar-refractivity contribution in [3.63, 3.8) is 0 Å². The van der Waals surface area contributed by atoms with Gasteiger partial charge in [0.1, 0.15) is 12.4 Å². The van der Waals surface area contributed by atoms with Crippen LogP contribution in [-0.4, -0.2) is 61.9 Å². The van der Waals surface area contributed by atoms with Crippen LogP contribution in [0.25, 0.3) is 0 Å². The second-order valence-corrected chi connectivity index (χ2v) is 5.82. The fraction of sp³-hybridized carbons (Fsp3) is 0.471. The Kier molecular flexibility index (Phi) is 6.89. The van der Waals surface area contributed by atoms with E-state index in [1.54, 1.807) is 24.3 Å². The van der Waals surface area contributed by atoms with Crippen molar-refractivity contribution in [2.75, 3.05) is 32.7 Å². The van der Waals surface area contributed by atoms with Crippen LogP contribution in [0.1, 0.15) is 33.6 Å². The molecule has 7 heteroatoms. The number of rotatable bonds is 8. The summed E-state index contributed by atoms with van der Waals surface area (Å²) in [4.78, 5) is 35.6. The van der Waals surface area contributed by atoms with Crippen LogP contribution in [-0.2, 0) is 4.74 Å². The Hall–Kier alpha value is -2.25. The van der Waals surface area contributed by atoms with Crippen LogP contribution in [0.4, 0.5) is 4.79 Å². The standard InChI is InChI=1S/C17H23N3O4/c18-17(23)24-15-5-8-20(9-6-15)10-7-19-11-16(22)14-3-1-13(12-21)2-4-14/h1-4,12,15,19H,5-11H2,(H2,18,23). The zero-order valence-electron chi connectivity index (χ0n) is 13.6. The number of nitrogens with one attached hydrogen (secondary N) is 1. The molecular formula is C17H23N3O4. The van der Waals surface area contributed by atoms with Gasteiger partial charge in [-0.05, 0) is 12.8 Å². The Labute approximate surface area is 141 Å². The van der Waals surface area contributed by atoms with Crippen LogP contribution in [0.5, 0.6) is 0 Å². The molecule has 0 aromatic heterocycles. The van der Waals surface area contributed by atoms with Gasteiger partial charge in [-0.25, -0.2) is 4.79 Å². The highest BCUT2D eigenvalue weighted by Gasteiger charge is 2.21. The SMILES string of the molecule is NC(=O)OC1CCN(CCNCC(=O)c2ccc(C=O)cc2)CC1. The number of carbonyl (C=O) groups is 3. The minimum absolute atomic E-state index is 0.000940. The van der Waals surface area contributed by atoms with Gasteiger partial charge in [-0.15, -0.1) is 0 Å². The lowest BCUT2D eigenvalue weighted by molar-refractivity contribution is 0.0566. The van der Waals surface area contributed by atoms with E-state index in [1.165, 1.54) is 0 Å². The van der Waals surface area contributed by atoms with E-state index in [1.807, 2.05) is 0 Å². The summed E-state index contributed by atoms with van der Waals surface area (Å²) >= 11 is 0. The zero-order chi connectivity index (χ0) is 17.4. The van der Waals surface area contributed by atoms with Gasteiger partial charge in [0.15, 0.2) is 5.78 Å². The number of amides is 1. The lowest BCUT2D eigenvalue weighted by atomic mass is 10.1. The number of hydrogen-bond acceptors (Lipinski definition) is 6. The molecule has 24 heavy (non-hydrogen) atoms. The summed E-state index contributed by atoms with van der Waals surface area (Å²) in [5, 5.41) is 3.14. The number of hydrogen-bond donors (Lipinski definition) is 2. The van der Waals surface area contributed by atoms with Crippen molar-refractivity contribution in [3.8, 4) is 0 Å². The van der Waals surface area contributed by atoms with Gasteiger partial charge in [-0.3, -0.25) is 9.59 Å². The monoisotopic (exact) mass is 333 g/mol. The third-order valence-electron chi connectivity index (χ3n) is 4.08. The van der Waals surface area contributed by atoms with E-state index < -0.39 is 6.09 Å². The first-order valence-electron chi connectivity index (χ1n) is 8.06. The quantitative estimate of drug-likeness (QED) is 0.415. The molecule has 7 nitrogen and oxygen atoms in total. The van der Waals surface area contributed by atoms with Crippen molar-refractivity contribution in [1.29, 1.82) is 0 Å². The molecule has 1 fully saturated rings. The molecular weight excluding hydrogens is 310 g/mol. The largest absolute Gasteiger partial charge is 0.446 e. The number of ether oxygens (including phenoxy) is 1. The Morgan fingerprint density at radius 1 is 1.25 bits per heavy atom. The predicted octanol–water partition coefficient (Wildman–Crippen LogP) is 0.831. The number of nitrogens with two attached hydrogens (primary N) is 1. The number of primary amides is 1. The molecule has 0 bridgehead atoms. The number of nitrogens with zero attached hydrogens (tertiary/aromatic N) is 1. The summed E-state index contributed by atoms with van der Waals surface area (Å²) in [5.74, 6) is 0.000940. The molecule has 0 aliphatic carbocycles. The minimum atomic E-state index is -0.713. The zero-order valence-corrected chi connectivity index (χ0v) is 13.6. The highest BCUT2D eigenvalue weighted by molar-refractivity contribution is 5.98. The second-order valence-electron chi connectivity index (χ2n) is 5.82. The summed E-state index contributed by atoms with van der Waals surface area (Å²) in [6, 6.07) is 6.60. The summed E-state index contributed by atoms with van der Waals surface area (Å²) < 4.78 is 4.99. The maximum absolute atomic E-state index is 12.0. The average Bonchev–Trinajstić information content (AvgIpc) is 2.59. The molecule has 0 unspecified atom stereocenters. The number of piperidine rings is 1. The van der Waals surface area contributed by atoms with Gasteiger partial charge in [-0.2, -0.15) is 0 Å². The van der Waals surface area contributed by atoms with E-state index in [9.17, 15) is 14.4 Å². The Morgan fingerprint density at radius 2 is 1.92 bits per heavy atom. The number of benzene rings is 1. The van der Waals surface area contributed by atoms with Crippen LogP contribution in [0.2, 0.25) is 0 Å². The number of aldehydes is 1. The van der Waals surface area contributed by atoms with Crippen LogP contribution >= 0.6 is 0 Å². The van der Waals surface area contributed by atoms with Gasteiger partial charge >= 0.3 is 6.09 Å². The predicted molar refractivity (Wildman–Crippen MR) is 89.2 cm³/mol. The molecule has 1 saturated heterocycles. The molecule has 1 heterocycles. The minimum Gasteiger partial charge on any atom is -0.446 e. The van der Waals surface area contributed by atoms with Crippen molar-refractivity contribution in [3.05, 3.63) is 35.4 Å². The van der Waals surface area contributed by atoms with E-state index in [4.69, 9.17) is 10.5 Å². The normalized spacial score (nSPS) is 15.8. The molecule has 0 atom stereocenters. The molecule has 1 aromatic rings. The second kappa shape index (κ2) is 9.14. The Morgan fingerprint density at radius 3 is 2.50 bits per heavy atom. The summed E-state index contributed by atoms with van der Waals surface area (Å²) in [6.07, 6.45) is 1.53. The molecule has 130 valence electrons. The summed E-state index contributed by atoms with van der Waals surface area (Å²) in [5.41, 5.74) is 6.17. The van der Waals surface area contributed by atoms with E-state index in [2.05, 4.69) is 10.2 Å². The first-order chi connectivity index (χ1) is 11.6. The maximum atomic E-state index is 12.0. The van der Waals surface area contributed by atoms with E-state index in [0.717, 1.165) is 38.8 Å². The van der Waals surface area contributed by atoms with Crippen LogP contribution in [0, 0.1) is 0 Å². The number of carbonyl (C=O) groups excluding carboxylic acids is 3. The van der Waals surface area contributed by atoms with Crippen LogP contribution in [0.3, 0.4) is 0 Å². The fourth-order valence-electron chi connectivity index (χ4n) is 2.70. The van der Waals surface area contributed by atoms with E-state index >= 15 is 0 Å². The molecule has 0 radical (unpaired) electrons. The van der Waals surface area contributed by atoms with Gasteiger partial charge in [0.05, 0.1) is 6.54 Å². The van der Waals surface area contributed by atoms with E-state index in [-0.39, 0.29) is 18.4 Å². The van der Waals surface area contributed by atoms with Gasteiger partial charge < -0.3 is 20.7 Å². The van der Waals surface area contributed by atoms with Gasteiger partial charge in [0, 0.05) is 37.3 Å². The first-order valence-corrected chi connectivity index (χ1v) is 8.06. The van der Waals surface area contributed by atoms with Gasteiger partial charge in [-0.1, -0.05) is 24.3 Å². The maximum Gasteiger partial charge on any atom is 0.404 e. The van der Waals surface area contributed by atoms with E-state index in [0.29, 0.717) is 17.7 Å². The topological polar surface area (TPSA) is 102 Å². The van der Waals surface area contributed by atoms with Crippen molar-refractivity contribution >= 4 is 18.2 Å². The smallest absolute Gasteiger partial charge is 0.404 e. The first kappa shape index (κ1) is 18.1. The Balaban J connectivity index is 1.62. The average molecular weight is 333 g/mol. The Bertz CT molecular complexity index is 566. The summed E-state index contributed by atoms with van der Waals surface area (Å²) in [6.45, 7) is 3.50. The van der Waals surface area contributed by atoms with Gasteiger partial charge in [0.25, 0.3) is 0 Å². The highest BCUT2D eigenvalue weighted by Crippen LogP contribution is 2.13. The molecule has 1 amide bonds. The number of likely N-dealkylation sites (tertiary alicyclic amines) is 1. The molecule has 3 N–H and O–H groups in total. The third kappa shape index (κ3) is 5.75. The van der Waals surface area contributed by atoms with Crippen molar-refractivity contribution in [2.24, 2.45) is 5.73 Å². The van der Waals surface area contributed by atoms with Crippen molar-refractivity contribution in [1.82, 2.24) is 10.2 Å². The summed E-state index contributed by atoms with van der Waals surface area (Å²) in [7, 11) is 0. The van der Waals surface area contributed by atoms with Gasteiger partial charge in [0.2, 0.25) is 0 Å². The van der Waals surface area contributed by atoms with Crippen LogP contribution < -0.4 is 11.1 Å². The number of ketones is 1. The molecule has 1 aliphatic heterocycles. The van der Waals surface area contributed by atoms with Crippen molar-refractivity contribution in [2.45, 2.75) is 18.9 Å². The molecule has 0 saturated carbocycles. The van der Waals surface area contributed by atoms with Crippen LogP contribution in [0.15, 0.2) is 24.3 Å². The number of Topliss-reactive ketones (excluding diaryl/α,β-unsaturated/α-hetero) is 1. The third-order valence-corrected chi connectivity index (χ3v) is 4.08. The lowest BCUT2D eigenvalue weighted by Crippen LogP contribution is -2.42. The highest BCUT2D eigenvalue weighted by atomic mass is 16.6. The molecule has 1 aromatic carbocycles. The molecule has 1 aliphatic rings. The fourth-order valence-corrected chi connectivity index (χ4v) is 2.70. The van der Waals surface area contributed by atoms with Crippen molar-refractivity contribution < 1.29 is 19.1 Å².